The molecule has 10 heteroatoms. The standard InChI is InChI=1S/C34H38N4O6/c1-7-9-22-19-26(31(40)35-28(22)20-11-15-23(16-12-20)37(3)4)33(42)44-34(43)27-30(39)25(10-8-2)29(36-32(27)41)21-13-17-24(18-14-21)38(5)6/h11-19H,7-10H2,1-6H3,(H,35,40)(H2,36,39,41). The summed E-state index contributed by atoms with van der Waals surface area (Å²) in [5.41, 5.74) is 2.60. The van der Waals surface area contributed by atoms with Crippen molar-refractivity contribution in [3.05, 3.63) is 97.6 Å². The van der Waals surface area contributed by atoms with Crippen LogP contribution in [-0.2, 0) is 17.6 Å². The molecule has 0 radical (unpaired) electrons. The van der Waals surface area contributed by atoms with Crippen molar-refractivity contribution < 1.29 is 19.4 Å². The lowest BCUT2D eigenvalue weighted by Crippen LogP contribution is -2.27. The fourth-order valence-corrected chi connectivity index (χ4v) is 5.05. The van der Waals surface area contributed by atoms with Crippen LogP contribution in [0.2, 0.25) is 0 Å². The first kappa shape index (κ1) is 31.8. The van der Waals surface area contributed by atoms with Gasteiger partial charge < -0.3 is 29.6 Å². The Morgan fingerprint density at radius 1 is 0.727 bits per heavy atom. The predicted octanol–water partition coefficient (Wildman–Crippen LogP) is 5.14. The molecule has 0 aliphatic carbocycles. The van der Waals surface area contributed by atoms with Crippen molar-refractivity contribution in [1.29, 1.82) is 0 Å². The first-order valence-electron chi connectivity index (χ1n) is 14.5. The van der Waals surface area contributed by atoms with E-state index in [1.165, 1.54) is 6.07 Å². The molecule has 4 rings (SSSR count). The fraction of sp³-hybridized carbons (Fsp3) is 0.294. The second-order valence-corrected chi connectivity index (χ2v) is 11.0. The van der Waals surface area contributed by atoms with Crippen molar-refractivity contribution in [2.75, 3.05) is 38.0 Å². The number of ether oxygens (including phenoxy) is 1. The number of aromatic nitrogens is 2. The molecule has 0 fully saturated rings. The van der Waals surface area contributed by atoms with Crippen LogP contribution in [0.3, 0.4) is 0 Å². The zero-order valence-corrected chi connectivity index (χ0v) is 25.9. The van der Waals surface area contributed by atoms with Crippen molar-refractivity contribution in [1.82, 2.24) is 9.97 Å². The van der Waals surface area contributed by atoms with Crippen molar-refractivity contribution in [2.45, 2.75) is 39.5 Å². The molecule has 4 aromatic rings. The summed E-state index contributed by atoms with van der Waals surface area (Å²) < 4.78 is 5.02. The molecule has 2 aromatic carbocycles. The van der Waals surface area contributed by atoms with E-state index in [9.17, 15) is 24.3 Å². The molecule has 0 spiro atoms. The number of anilines is 2. The minimum atomic E-state index is -1.35. The number of pyridine rings is 2. The van der Waals surface area contributed by atoms with Crippen LogP contribution in [0.5, 0.6) is 5.75 Å². The number of rotatable bonds is 10. The van der Waals surface area contributed by atoms with Crippen LogP contribution in [-0.4, -0.2) is 55.2 Å². The number of carbonyl (C=O) groups is 2. The molecular formula is C34H38N4O6. The van der Waals surface area contributed by atoms with E-state index >= 15 is 0 Å². The van der Waals surface area contributed by atoms with E-state index in [0.717, 1.165) is 23.4 Å². The average Bonchev–Trinajstić information content (AvgIpc) is 2.99. The number of hydrogen-bond acceptors (Lipinski definition) is 8. The molecule has 3 N–H and O–H groups in total. The van der Waals surface area contributed by atoms with Gasteiger partial charge in [0.1, 0.15) is 11.3 Å². The van der Waals surface area contributed by atoms with E-state index in [1.54, 1.807) is 12.1 Å². The summed E-state index contributed by atoms with van der Waals surface area (Å²) in [5, 5.41) is 11.1. The van der Waals surface area contributed by atoms with Gasteiger partial charge in [-0.3, -0.25) is 9.59 Å². The average molecular weight is 599 g/mol. The number of benzene rings is 2. The molecule has 0 bridgehead atoms. The fourth-order valence-electron chi connectivity index (χ4n) is 5.05. The van der Waals surface area contributed by atoms with Gasteiger partial charge in [0.25, 0.3) is 11.1 Å². The number of esters is 2. The number of hydrogen-bond donors (Lipinski definition) is 3. The molecule has 0 saturated heterocycles. The monoisotopic (exact) mass is 598 g/mol. The van der Waals surface area contributed by atoms with Gasteiger partial charge >= 0.3 is 11.9 Å². The number of aromatic hydroxyl groups is 1. The quantitative estimate of drug-likeness (QED) is 0.169. The van der Waals surface area contributed by atoms with Gasteiger partial charge in [0.05, 0.1) is 11.4 Å². The van der Waals surface area contributed by atoms with Gasteiger partial charge in [-0.1, -0.05) is 51.0 Å². The third-order valence-corrected chi connectivity index (χ3v) is 7.39. The summed E-state index contributed by atoms with van der Waals surface area (Å²) in [7, 11) is 7.67. The third kappa shape index (κ3) is 6.59. The Labute approximate surface area is 255 Å². The van der Waals surface area contributed by atoms with Gasteiger partial charge in [0.2, 0.25) is 0 Å². The number of aromatic amines is 2. The maximum atomic E-state index is 13.1. The summed E-state index contributed by atoms with van der Waals surface area (Å²) in [6, 6.07) is 16.4. The first-order valence-corrected chi connectivity index (χ1v) is 14.5. The third-order valence-electron chi connectivity index (χ3n) is 7.39. The Hall–Kier alpha value is -5.12. The molecule has 44 heavy (non-hydrogen) atoms. The Kier molecular flexibility index (Phi) is 9.73. The minimum Gasteiger partial charge on any atom is -0.506 e. The van der Waals surface area contributed by atoms with Crippen LogP contribution in [0.4, 0.5) is 11.4 Å². The van der Waals surface area contributed by atoms with Gasteiger partial charge in [-0.25, -0.2) is 9.59 Å². The lowest BCUT2D eigenvalue weighted by molar-refractivity contribution is 0.0393. The topological polar surface area (TPSA) is 136 Å². The number of nitrogens with zero attached hydrogens (tertiary/aromatic N) is 2. The summed E-state index contributed by atoms with van der Waals surface area (Å²) in [6.07, 6.45) is 2.23. The molecule has 230 valence electrons. The van der Waals surface area contributed by atoms with E-state index in [4.69, 9.17) is 4.74 Å². The highest BCUT2D eigenvalue weighted by Gasteiger charge is 2.28. The lowest BCUT2D eigenvalue weighted by atomic mass is 9.98. The van der Waals surface area contributed by atoms with E-state index in [0.29, 0.717) is 47.3 Å². The SMILES string of the molecule is CCCc1cc(C(=O)OC(=O)c2c(O)c(CCC)c(-c3ccc(N(C)C)cc3)[nH]c2=O)c(=O)[nH]c1-c1ccc(N(C)C)cc1. The number of aryl methyl sites for hydroxylation is 1. The van der Waals surface area contributed by atoms with Crippen LogP contribution in [0.15, 0.2) is 64.2 Å². The highest BCUT2D eigenvalue weighted by Crippen LogP contribution is 2.32. The molecule has 0 unspecified atom stereocenters. The first-order chi connectivity index (χ1) is 21.0. The van der Waals surface area contributed by atoms with E-state index < -0.39 is 34.4 Å². The van der Waals surface area contributed by atoms with Gasteiger partial charge in [0.15, 0.2) is 5.56 Å². The molecule has 2 heterocycles. The number of H-pyrrole nitrogens is 2. The zero-order valence-electron chi connectivity index (χ0n) is 25.9. The normalized spacial score (nSPS) is 10.9. The summed E-state index contributed by atoms with van der Waals surface area (Å²) in [5.74, 6) is -3.13. The van der Waals surface area contributed by atoms with Gasteiger partial charge in [-0.15, -0.1) is 0 Å². The van der Waals surface area contributed by atoms with Crippen molar-refractivity contribution in [3.63, 3.8) is 0 Å². The molecule has 0 atom stereocenters. The van der Waals surface area contributed by atoms with Crippen molar-refractivity contribution >= 4 is 23.3 Å². The summed E-state index contributed by atoms with van der Waals surface area (Å²) >= 11 is 0. The highest BCUT2D eigenvalue weighted by molar-refractivity contribution is 6.04. The van der Waals surface area contributed by atoms with E-state index in [-0.39, 0.29) is 5.56 Å². The Bertz CT molecular complexity index is 1790. The predicted molar refractivity (Wildman–Crippen MR) is 173 cm³/mol. The number of nitrogens with one attached hydrogen (secondary N) is 2. The van der Waals surface area contributed by atoms with Crippen molar-refractivity contribution in [3.8, 4) is 28.3 Å². The molecule has 0 saturated carbocycles. The van der Waals surface area contributed by atoms with Crippen LogP contribution >= 0.6 is 0 Å². The molecule has 2 aromatic heterocycles. The van der Waals surface area contributed by atoms with Crippen LogP contribution in [0, 0.1) is 0 Å². The van der Waals surface area contributed by atoms with Crippen LogP contribution in [0.1, 0.15) is 58.5 Å². The summed E-state index contributed by atoms with van der Waals surface area (Å²) in [4.78, 5) is 61.8. The van der Waals surface area contributed by atoms with Crippen LogP contribution in [0.25, 0.3) is 22.5 Å². The summed E-state index contributed by atoms with van der Waals surface area (Å²) in [6.45, 7) is 3.86. The maximum Gasteiger partial charge on any atom is 0.355 e. The Balaban J connectivity index is 1.68. The van der Waals surface area contributed by atoms with Gasteiger partial charge in [-0.05, 0) is 59.9 Å². The second kappa shape index (κ2) is 13.5. The highest BCUT2D eigenvalue weighted by atomic mass is 16.6. The lowest BCUT2D eigenvalue weighted by Gasteiger charge is -2.16. The maximum absolute atomic E-state index is 13.1. The molecule has 0 aliphatic rings. The molecule has 0 amide bonds. The van der Waals surface area contributed by atoms with Crippen molar-refractivity contribution in [2.24, 2.45) is 0 Å². The van der Waals surface area contributed by atoms with Gasteiger partial charge in [0, 0.05) is 45.1 Å². The Morgan fingerprint density at radius 3 is 1.73 bits per heavy atom. The zero-order chi connectivity index (χ0) is 32.1. The minimum absolute atomic E-state index is 0.344. The molecule has 10 nitrogen and oxygen atoms in total. The van der Waals surface area contributed by atoms with Gasteiger partial charge in [-0.2, -0.15) is 0 Å². The van der Waals surface area contributed by atoms with E-state index in [2.05, 4.69) is 9.97 Å². The smallest absolute Gasteiger partial charge is 0.355 e. The second-order valence-electron chi connectivity index (χ2n) is 11.0. The van der Waals surface area contributed by atoms with Crippen LogP contribution < -0.4 is 20.9 Å². The largest absolute Gasteiger partial charge is 0.506 e. The Morgan fingerprint density at radius 2 is 1.23 bits per heavy atom. The number of carbonyl (C=O) groups excluding carboxylic acids is 2. The van der Waals surface area contributed by atoms with E-state index in [1.807, 2.05) is 88.2 Å². The molecular weight excluding hydrogens is 560 g/mol. The molecule has 0 aliphatic heterocycles.